The largest absolute Gasteiger partial charge is 0.494 e. The van der Waals surface area contributed by atoms with Gasteiger partial charge in [-0.15, -0.1) is 0 Å². The molecule has 2 aromatic rings. The summed E-state index contributed by atoms with van der Waals surface area (Å²) in [7, 11) is -1.89. The second-order valence-corrected chi connectivity index (χ2v) is 7.55. The normalized spacial score (nSPS) is 11.2. The summed E-state index contributed by atoms with van der Waals surface area (Å²) in [5.41, 5.74) is 0.981. The second kappa shape index (κ2) is 9.35. The van der Waals surface area contributed by atoms with Crippen LogP contribution in [0.1, 0.15) is 18.9 Å². The van der Waals surface area contributed by atoms with Crippen molar-refractivity contribution < 1.29 is 17.9 Å². The maximum Gasteiger partial charge on any atom is 0.240 e. The molecule has 0 spiro atoms. The third kappa shape index (κ3) is 5.86. The number of nitrogens with zero attached hydrogens (tertiary/aromatic N) is 1. The average Bonchev–Trinajstić information content (AvgIpc) is 2.64. The van der Waals surface area contributed by atoms with Crippen LogP contribution < -0.4 is 9.46 Å². The Morgan fingerprint density at radius 3 is 2.35 bits per heavy atom. The van der Waals surface area contributed by atoms with Gasteiger partial charge in [-0.2, -0.15) is 0 Å². The van der Waals surface area contributed by atoms with Crippen molar-refractivity contribution in [1.82, 2.24) is 9.62 Å². The van der Waals surface area contributed by atoms with Gasteiger partial charge in [-0.25, -0.2) is 13.1 Å². The molecule has 140 valence electrons. The van der Waals surface area contributed by atoms with Gasteiger partial charge >= 0.3 is 0 Å². The fourth-order valence-electron chi connectivity index (χ4n) is 2.39. The van der Waals surface area contributed by atoms with Crippen LogP contribution in [0.25, 0.3) is 0 Å². The molecule has 0 radical (unpaired) electrons. The molecule has 0 aliphatic heterocycles. The zero-order valence-electron chi connectivity index (χ0n) is 15.0. The molecule has 0 aliphatic carbocycles. The highest BCUT2D eigenvalue weighted by atomic mass is 32.2. The summed E-state index contributed by atoms with van der Waals surface area (Å²) in [4.78, 5) is 14.0. The maximum absolute atomic E-state index is 12.2. The molecule has 0 atom stereocenters. The summed E-state index contributed by atoms with van der Waals surface area (Å²) in [5, 5.41) is 0. The van der Waals surface area contributed by atoms with E-state index in [1.807, 2.05) is 31.2 Å². The van der Waals surface area contributed by atoms with Gasteiger partial charge in [0.05, 0.1) is 11.5 Å². The molecule has 0 saturated carbocycles. The molecule has 0 saturated heterocycles. The quantitative estimate of drug-likeness (QED) is 0.729. The van der Waals surface area contributed by atoms with Crippen LogP contribution in [-0.4, -0.2) is 39.4 Å². The van der Waals surface area contributed by atoms with E-state index in [1.54, 1.807) is 30.1 Å². The van der Waals surface area contributed by atoms with Crippen LogP contribution in [-0.2, 0) is 21.4 Å². The van der Waals surface area contributed by atoms with Gasteiger partial charge in [0.1, 0.15) is 5.75 Å². The fraction of sp³-hybridized carbons (Fsp3) is 0.316. The summed E-state index contributed by atoms with van der Waals surface area (Å²) in [6.45, 7) is 3.05. The van der Waals surface area contributed by atoms with Gasteiger partial charge < -0.3 is 9.64 Å². The van der Waals surface area contributed by atoms with Crippen molar-refractivity contribution in [2.24, 2.45) is 0 Å². The maximum atomic E-state index is 12.2. The molecule has 7 heteroatoms. The predicted octanol–water partition coefficient (Wildman–Crippen LogP) is 2.41. The van der Waals surface area contributed by atoms with E-state index in [0.29, 0.717) is 13.2 Å². The lowest BCUT2D eigenvalue weighted by atomic mass is 10.2. The molecule has 6 nitrogen and oxygen atoms in total. The molecule has 0 heterocycles. The molecule has 2 aromatic carbocycles. The van der Waals surface area contributed by atoms with E-state index < -0.39 is 10.0 Å². The van der Waals surface area contributed by atoms with E-state index in [1.165, 1.54) is 12.1 Å². The van der Waals surface area contributed by atoms with Gasteiger partial charge in [-0.3, -0.25) is 4.79 Å². The lowest BCUT2D eigenvalue weighted by molar-refractivity contribution is -0.130. The summed E-state index contributed by atoms with van der Waals surface area (Å²) >= 11 is 0. The second-order valence-electron chi connectivity index (χ2n) is 5.79. The molecule has 0 aromatic heterocycles. The Hall–Kier alpha value is -2.38. The molecular weight excluding hydrogens is 352 g/mol. The minimum Gasteiger partial charge on any atom is -0.494 e. The first kappa shape index (κ1) is 19.9. The van der Waals surface area contributed by atoms with Crippen LogP contribution in [0, 0.1) is 0 Å². The average molecular weight is 376 g/mol. The Kier molecular flexibility index (Phi) is 7.17. The van der Waals surface area contributed by atoms with Crippen LogP contribution in [0.2, 0.25) is 0 Å². The zero-order chi connectivity index (χ0) is 19.0. The SMILES string of the molecule is CCOc1ccc(CN(C)C(=O)CCNS(=O)(=O)c2ccccc2)cc1. The number of ether oxygens (including phenoxy) is 1. The highest BCUT2D eigenvalue weighted by Gasteiger charge is 2.15. The number of amides is 1. The number of carbonyl (C=O) groups is 1. The minimum atomic E-state index is -3.59. The highest BCUT2D eigenvalue weighted by Crippen LogP contribution is 2.13. The third-order valence-electron chi connectivity index (χ3n) is 3.76. The molecular formula is C19H24N2O4S. The van der Waals surface area contributed by atoms with Crippen LogP contribution >= 0.6 is 0 Å². The number of benzene rings is 2. The van der Waals surface area contributed by atoms with Crippen LogP contribution in [0.4, 0.5) is 0 Å². The van der Waals surface area contributed by atoms with Gasteiger partial charge in [0.25, 0.3) is 0 Å². The van der Waals surface area contributed by atoms with Crippen molar-refractivity contribution in [3.05, 3.63) is 60.2 Å². The molecule has 0 aliphatic rings. The number of carbonyl (C=O) groups excluding carboxylic acids is 1. The zero-order valence-corrected chi connectivity index (χ0v) is 15.8. The molecule has 0 unspecified atom stereocenters. The van der Waals surface area contributed by atoms with Crippen LogP contribution in [0.3, 0.4) is 0 Å². The number of rotatable bonds is 9. The van der Waals surface area contributed by atoms with E-state index >= 15 is 0 Å². The van der Waals surface area contributed by atoms with E-state index in [2.05, 4.69) is 4.72 Å². The van der Waals surface area contributed by atoms with E-state index in [-0.39, 0.29) is 23.8 Å². The van der Waals surface area contributed by atoms with Gasteiger partial charge in [0, 0.05) is 26.6 Å². The van der Waals surface area contributed by atoms with Crippen molar-refractivity contribution in [1.29, 1.82) is 0 Å². The third-order valence-corrected chi connectivity index (χ3v) is 5.24. The topological polar surface area (TPSA) is 75.7 Å². The standard InChI is InChI=1S/C19H24N2O4S/c1-3-25-17-11-9-16(10-12-17)15-21(2)19(22)13-14-20-26(23,24)18-7-5-4-6-8-18/h4-12,20H,3,13-15H2,1-2H3. The van der Waals surface area contributed by atoms with Gasteiger partial charge in [0.15, 0.2) is 0 Å². The van der Waals surface area contributed by atoms with Gasteiger partial charge in [-0.05, 0) is 36.8 Å². The monoisotopic (exact) mass is 376 g/mol. The number of nitrogens with one attached hydrogen (secondary N) is 1. The van der Waals surface area contributed by atoms with Crippen LogP contribution in [0.5, 0.6) is 5.75 Å². The molecule has 2 rings (SSSR count). The first-order valence-electron chi connectivity index (χ1n) is 8.43. The Labute approximate surface area is 154 Å². The molecule has 0 fully saturated rings. The van der Waals surface area contributed by atoms with Crippen molar-refractivity contribution in [3.63, 3.8) is 0 Å². The summed E-state index contributed by atoms with van der Waals surface area (Å²) in [5.74, 6) is 0.662. The minimum absolute atomic E-state index is 0.0592. The number of sulfonamides is 1. The summed E-state index contributed by atoms with van der Waals surface area (Å²) in [6, 6.07) is 15.6. The van der Waals surface area contributed by atoms with Crippen LogP contribution in [0.15, 0.2) is 59.5 Å². The highest BCUT2D eigenvalue weighted by molar-refractivity contribution is 7.89. The van der Waals surface area contributed by atoms with Gasteiger partial charge in [0.2, 0.25) is 15.9 Å². The Balaban J connectivity index is 1.81. The van der Waals surface area contributed by atoms with E-state index in [9.17, 15) is 13.2 Å². The van der Waals surface area contributed by atoms with Gasteiger partial charge in [-0.1, -0.05) is 30.3 Å². The summed E-state index contributed by atoms with van der Waals surface area (Å²) < 4.78 is 32.1. The first-order chi connectivity index (χ1) is 12.4. The fourth-order valence-corrected chi connectivity index (χ4v) is 3.44. The van der Waals surface area contributed by atoms with Crippen molar-refractivity contribution >= 4 is 15.9 Å². The van der Waals surface area contributed by atoms with Crippen molar-refractivity contribution in [2.45, 2.75) is 24.8 Å². The Bertz CT molecular complexity index is 805. The number of hydrogen-bond acceptors (Lipinski definition) is 4. The smallest absolute Gasteiger partial charge is 0.240 e. The molecule has 1 amide bonds. The lowest BCUT2D eigenvalue weighted by Crippen LogP contribution is -2.31. The van der Waals surface area contributed by atoms with Crippen molar-refractivity contribution in [2.75, 3.05) is 20.2 Å². The lowest BCUT2D eigenvalue weighted by Gasteiger charge is -2.17. The predicted molar refractivity (Wildman–Crippen MR) is 100 cm³/mol. The molecule has 0 bridgehead atoms. The van der Waals surface area contributed by atoms with E-state index in [4.69, 9.17) is 4.74 Å². The van der Waals surface area contributed by atoms with Crippen molar-refractivity contribution in [3.8, 4) is 5.75 Å². The van der Waals surface area contributed by atoms with E-state index in [0.717, 1.165) is 11.3 Å². The Morgan fingerprint density at radius 1 is 1.08 bits per heavy atom. The summed E-state index contributed by atoms with van der Waals surface area (Å²) in [6.07, 6.45) is 0.0968. The molecule has 26 heavy (non-hydrogen) atoms. The Morgan fingerprint density at radius 2 is 1.73 bits per heavy atom. The number of hydrogen-bond donors (Lipinski definition) is 1. The first-order valence-corrected chi connectivity index (χ1v) is 9.91. The molecule has 1 N–H and O–H groups in total.